The highest BCUT2D eigenvalue weighted by Crippen LogP contribution is 2.38. The summed E-state index contributed by atoms with van der Waals surface area (Å²) in [6, 6.07) is 13.4. The van der Waals surface area contributed by atoms with Gasteiger partial charge in [0.15, 0.2) is 0 Å². The number of para-hydroxylation sites is 1. The Morgan fingerprint density at radius 2 is 1.78 bits per heavy atom. The zero-order chi connectivity index (χ0) is 12.7. The minimum Gasteiger partial charge on any atom is -0.384 e. The van der Waals surface area contributed by atoms with E-state index in [9.17, 15) is 0 Å². The molecular weight excluding hydrogens is 224 g/mol. The minimum absolute atomic E-state index is 0.0591. The molecule has 0 saturated carbocycles. The van der Waals surface area contributed by atoms with Gasteiger partial charge in [-0.2, -0.15) is 0 Å². The van der Waals surface area contributed by atoms with Gasteiger partial charge < -0.3 is 16.8 Å². The van der Waals surface area contributed by atoms with Crippen LogP contribution in [0.1, 0.15) is 22.7 Å². The molecule has 0 amide bonds. The number of rotatable bonds is 1. The Hall–Kier alpha value is -2.33. The van der Waals surface area contributed by atoms with E-state index in [-0.39, 0.29) is 11.9 Å². The number of hydrogen-bond acceptors (Lipinski definition) is 3. The second-order valence-electron chi connectivity index (χ2n) is 4.41. The number of fused-ring (bicyclic) bond motifs is 2. The SMILES string of the molecule is N=C(N)c1ccc2c(c1)C(N)c1ccccc1N2. The van der Waals surface area contributed by atoms with E-state index in [1.54, 1.807) is 0 Å². The zero-order valence-corrected chi connectivity index (χ0v) is 9.77. The molecule has 1 unspecified atom stereocenters. The van der Waals surface area contributed by atoms with Gasteiger partial charge in [-0.15, -0.1) is 0 Å². The van der Waals surface area contributed by atoms with Crippen molar-refractivity contribution in [1.29, 1.82) is 5.41 Å². The van der Waals surface area contributed by atoms with Crippen LogP contribution in [0.4, 0.5) is 11.4 Å². The highest BCUT2D eigenvalue weighted by Gasteiger charge is 2.22. The van der Waals surface area contributed by atoms with Gasteiger partial charge in [0.25, 0.3) is 0 Å². The average Bonchev–Trinajstić information content (AvgIpc) is 2.38. The first kappa shape index (κ1) is 10.8. The van der Waals surface area contributed by atoms with Crippen LogP contribution in [-0.4, -0.2) is 5.84 Å². The van der Waals surface area contributed by atoms with E-state index in [2.05, 4.69) is 5.32 Å². The van der Waals surface area contributed by atoms with Crippen LogP contribution < -0.4 is 16.8 Å². The van der Waals surface area contributed by atoms with Gasteiger partial charge in [0.1, 0.15) is 5.84 Å². The number of hydrogen-bond donors (Lipinski definition) is 4. The fourth-order valence-corrected chi connectivity index (χ4v) is 2.30. The molecule has 0 bridgehead atoms. The maximum absolute atomic E-state index is 7.48. The Balaban J connectivity index is 2.14. The third-order valence-electron chi connectivity index (χ3n) is 3.26. The van der Waals surface area contributed by atoms with Gasteiger partial charge in [-0.3, -0.25) is 5.41 Å². The van der Waals surface area contributed by atoms with Gasteiger partial charge in [0.05, 0.1) is 6.04 Å². The molecule has 6 N–H and O–H groups in total. The highest BCUT2D eigenvalue weighted by molar-refractivity contribution is 5.96. The van der Waals surface area contributed by atoms with Crippen LogP contribution in [0.15, 0.2) is 42.5 Å². The molecule has 0 spiro atoms. The molecule has 2 aromatic carbocycles. The number of anilines is 2. The van der Waals surface area contributed by atoms with Gasteiger partial charge in [-0.25, -0.2) is 0 Å². The van der Waals surface area contributed by atoms with Crippen LogP contribution in [0.25, 0.3) is 0 Å². The van der Waals surface area contributed by atoms with E-state index in [0.717, 1.165) is 22.5 Å². The van der Waals surface area contributed by atoms with Crippen molar-refractivity contribution >= 4 is 17.2 Å². The maximum Gasteiger partial charge on any atom is 0.122 e. The van der Waals surface area contributed by atoms with E-state index >= 15 is 0 Å². The molecule has 0 saturated heterocycles. The number of nitrogen functional groups attached to an aromatic ring is 1. The van der Waals surface area contributed by atoms with Crippen molar-refractivity contribution in [2.45, 2.75) is 6.04 Å². The Labute approximate surface area is 105 Å². The Morgan fingerprint density at radius 1 is 1.06 bits per heavy atom. The molecule has 1 aliphatic heterocycles. The normalized spacial score (nSPS) is 16.4. The summed E-state index contributed by atoms with van der Waals surface area (Å²) in [6.07, 6.45) is 0. The summed E-state index contributed by atoms with van der Waals surface area (Å²) in [5.74, 6) is 0.0591. The van der Waals surface area contributed by atoms with Crippen molar-refractivity contribution in [2.75, 3.05) is 5.32 Å². The first-order valence-corrected chi connectivity index (χ1v) is 5.76. The molecule has 3 rings (SSSR count). The third-order valence-corrected chi connectivity index (χ3v) is 3.26. The predicted molar refractivity (Wildman–Crippen MR) is 73.2 cm³/mol. The van der Waals surface area contributed by atoms with Crippen LogP contribution in [-0.2, 0) is 0 Å². The monoisotopic (exact) mass is 238 g/mol. The topological polar surface area (TPSA) is 87.9 Å². The Kier molecular flexibility index (Phi) is 2.31. The van der Waals surface area contributed by atoms with Crippen LogP contribution in [0.3, 0.4) is 0 Å². The number of nitrogens with two attached hydrogens (primary N) is 2. The molecule has 0 aliphatic carbocycles. The van der Waals surface area contributed by atoms with Crippen LogP contribution in [0, 0.1) is 5.41 Å². The van der Waals surface area contributed by atoms with Crippen LogP contribution >= 0.6 is 0 Å². The summed E-state index contributed by atoms with van der Waals surface area (Å²) >= 11 is 0. The largest absolute Gasteiger partial charge is 0.384 e. The highest BCUT2D eigenvalue weighted by atomic mass is 14.9. The number of amidine groups is 1. The number of nitrogens with one attached hydrogen (secondary N) is 2. The molecule has 0 radical (unpaired) electrons. The molecule has 0 fully saturated rings. The van der Waals surface area contributed by atoms with Crippen molar-refractivity contribution < 1.29 is 0 Å². The zero-order valence-electron chi connectivity index (χ0n) is 9.77. The maximum atomic E-state index is 7.48. The second-order valence-corrected chi connectivity index (χ2v) is 4.41. The van der Waals surface area contributed by atoms with Crippen LogP contribution in [0.5, 0.6) is 0 Å². The lowest BCUT2D eigenvalue weighted by Crippen LogP contribution is -2.21. The fraction of sp³-hybridized carbons (Fsp3) is 0.0714. The van der Waals surface area contributed by atoms with Crippen LogP contribution in [0.2, 0.25) is 0 Å². The van der Waals surface area contributed by atoms with E-state index < -0.39 is 0 Å². The summed E-state index contributed by atoms with van der Waals surface area (Å²) in [7, 11) is 0. The summed E-state index contributed by atoms with van der Waals surface area (Å²) in [5, 5.41) is 10.8. The molecule has 1 aliphatic rings. The summed E-state index contributed by atoms with van der Waals surface area (Å²) in [6.45, 7) is 0. The quantitative estimate of drug-likeness (QED) is 0.453. The van der Waals surface area contributed by atoms with Crippen molar-refractivity contribution in [2.24, 2.45) is 11.5 Å². The van der Waals surface area contributed by atoms with Gasteiger partial charge in [0, 0.05) is 16.9 Å². The molecule has 1 heterocycles. The van der Waals surface area contributed by atoms with Gasteiger partial charge in [-0.05, 0) is 35.4 Å². The lowest BCUT2D eigenvalue weighted by Gasteiger charge is -2.27. The third kappa shape index (κ3) is 1.55. The smallest absolute Gasteiger partial charge is 0.122 e. The van der Waals surface area contributed by atoms with Crippen molar-refractivity contribution in [3.63, 3.8) is 0 Å². The van der Waals surface area contributed by atoms with Gasteiger partial charge in [0.2, 0.25) is 0 Å². The molecular formula is C14H14N4. The molecule has 0 aromatic heterocycles. The van der Waals surface area contributed by atoms with Gasteiger partial charge in [-0.1, -0.05) is 18.2 Å². The summed E-state index contributed by atoms with van der Waals surface area (Å²) in [5.41, 5.74) is 16.5. The molecule has 18 heavy (non-hydrogen) atoms. The second kappa shape index (κ2) is 3.85. The lowest BCUT2D eigenvalue weighted by molar-refractivity contribution is 0.863. The Morgan fingerprint density at radius 3 is 2.56 bits per heavy atom. The number of benzene rings is 2. The molecule has 2 aromatic rings. The molecule has 4 nitrogen and oxygen atoms in total. The minimum atomic E-state index is -0.184. The standard InChI is InChI=1S/C14H14N4/c15-13-9-3-1-2-4-11(9)18-12-6-5-8(14(16)17)7-10(12)13/h1-7,13,18H,15H2,(H3,16,17). The lowest BCUT2D eigenvalue weighted by atomic mass is 9.91. The molecule has 1 atom stereocenters. The van der Waals surface area contributed by atoms with Crippen molar-refractivity contribution in [1.82, 2.24) is 0 Å². The van der Waals surface area contributed by atoms with E-state index in [1.807, 2.05) is 42.5 Å². The van der Waals surface area contributed by atoms with E-state index in [0.29, 0.717) is 5.56 Å². The van der Waals surface area contributed by atoms with E-state index in [4.69, 9.17) is 16.9 Å². The van der Waals surface area contributed by atoms with Crippen molar-refractivity contribution in [3.05, 3.63) is 59.2 Å². The van der Waals surface area contributed by atoms with Crippen molar-refractivity contribution in [3.8, 4) is 0 Å². The molecule has 4 heteroatoms. The first-order valence-electron chi connectivity index (χ1n) is 5.76. The van der Waals surface area contributed by atoms with E-state index in [1.165, 1.54) is 0 Å². The average molecular weight is 238 g/mol. The molecule has 90 valence electrons. The van der Waals surface area contributed by atoms with Gasteiger partial charge >= 0.3 is 0 Å². The Bertz CT molecular complexity index is 633. The first-order chi connectivity index (χ1) is 8.66. The summed E-state index contributed by atoms with van der Waals surface area (Å²) < 4.78 is 0. The predicted octanol–water partition coefficient (Wildman–Crippen LogP) is 2.08. The summed E-state index contributed by atoms with van der Waals surface area (Å²) in [4.78, 5) is 0. The fourth-order valence-electron chi connectivity index (χ4n) is 2.30.